The van der Waals surface area contributed by atoms with E-state index in [9.17, 15) is 19.2 Å². The molecule has 3 aliphatic rings. The van der Waals surface area contributed by atoms with Crippen LogP contribution in [0.25, 0.3) is 10.9 Å². The van der Waals surface area contributed by atoms with E-state index in [-0.39, 0.29) is 5.69 Å². The predicted octanol–water partition coefficient (Wildman–Crippen LogP) is 4.23. The lowest BCUT2D eigenvalue weighted by Crippen LogP contribution is -2.78. The number of carbonyl (C=O) groups is 4. The van der Waals surface area contributed by atoms with Crippen molar-refractivity contribution in [2.24, 2.45) is 0 Å². The van der Waals surface area contributed by atoms with Gasteiger partial charge in [-0.05, 0) is 34.7 Å². The first-order valence-corrected chi connectivity index (χ1v) is 16.9. The van der Waals surface area contributed by atoms with Crippen LogP contribution in [0, 0.1) is 0 Å². The van der Waals surface area contributed by atoms with Crippen molar-refractivity contribution in [3.8, 4) is 0 Å². The van der Waals surface area contributed by atoms with Gasteiger partial charge in [-0.1, -0.05) is 78.9 Å². The van der Waals surface area contributed by atoms with Crippen LogP contribution in [-0.2, 0) is 28.6 Å². The predicted molar refractivity (Wildman–Crippen MR) is 184 cm³/mol. The van der Waals surface area contributed by atoms with Crippen molar-refractivity contribution in [3.05, 3.63) is 119 Å². The number of fused-ring (bicyclic) bond motifs is 2. The van der Waals surface area contributed by atoms with Crippen molar-refractivity contribution < 1.29 is 33.4 Å². The average molecular weight is 679 g/mol. The molecule has 12 heteroatoms. The monoisotopic (exact) mass is 678 g/mol. The molecule has 0 aliphatic carbocycles. The number of morpholine rings is 1. The van der Waals surface area contributed by atoms with Crippen LogP contribution in [0.5, 0.6) is 0 Å². The molecule has 2 saturated heterocycles. The Morgan fingerprint density at radius 2 is 1.63 bits per heavy atom. The Morgan fingerprint density at radius 1 is 0.980 bits per heavy atom. The topological polar surface area (TPSA) is 127 Å². The highest BCUT2D eigenvalue weighted by Crippen LogP contribution is 2.44. The molecule has 1 aromatic heterocycles. The molecule has 49 heavy (non-hydrogen) atoms. The van der Waals surface area contributed by atoms with Crippen LogP contribution >= 0.6 is 11.8 Å². The molecular weight excluding hydrogens is 644 g/mol. The van der Waals surface area contributed by atoms with Gasteiger partial charge in [-0.25, -0.2) is 9.78 Å². The number of hydrogen-bond donors (Lipinski definition) is 1. The molecule has 2 fully saturated rings. The number of ether oxygens (including phenoxy) is 3. The number of para-hydroxylation sites is 1. The zero-order valence-corrected chi connectivity index (χ0v) is 27.5. The maximum Gasteiger partial charge on any atom is 0.340 e. The van der Waals surface area contributed by atoms with Crippen molar-refractivity contribution in [1.82, 2.24) is 15.2 Å². The Morgan fingerprint density at radius 3 is 2.31 bits per heavy atom. The number of benzene rings is 3. The quantitative estimate of drug-likeness (QED) is 0.203. The van der Waals surface area contributed by atoms with E-state index in [1.54, 1.807) is 11.5 Å². The largest absolute Gasteiger partial charge is 0.462 e. The van der Waals surface area contributed by atoms with Gasteiger partial charge in [-0.3, -0.25) is 14.4 Å². The van der Waals surface area contributed by atoms with Crippen LogP contribution in [0.3, 0.4) is 0 Å². The Kier molecular flexibility index (Phi) is 9.07. The molecule has 3 unspecified atom stereocenters. The van der Waals surface area contributed by atoms with E-state index in [1.165, 1.54) is 29.7 Å². The molecule has 3 atom stereocenters. The molecule has 3 aliphatic heterocycles. The zero-order valence-electron chi connectivity index (χ0n) is 26.7. The maximum atomic E-state index is 14.3. The van der Waals surface area contributed by atoms with Crippen LogP contribution in [0.2, 0.25) is 0 Å². The summed E-state index contributed by atoms with van der Waals surface area (Å²) < 4.78 is 17.1. The lowest BCUT2D eigenvalue weighted by Gasteiger charge is -2.55. The number of nitrogens with one attached hydrogen (secondary N) is 1. The van der Waals surface area contributed by atoms with E-state index in [0.29, 0.717) is 31.8 Å². The smallest absolute Gasteiger partial charge is 0.340 e. The van der Waals surface area contributed by atoms with Gasteiger partial charge >= 0.3 is 11.9 Å². The molecule has 4 heterocycles. The van der Waals surface area contributed by atoms with Gasteiger partial charge in [0.05, 0.1) is 18.7 Å². The van der Waals surface area contributed by atoms with Gasteiger partial charge in [-0.15, -0.1) is 11.8 Å². The lowest BCUT2D eigenvalue weighted by atomic mass is 9.90. The number of nitrogens with zero attached hydrogens (tertiary/aromatic N) is 3. The van der Waals surface area contributed by atoms with Crippen LogP contribution in [-0.4, -0.2) is 83.5 Å². The van der Waals surface area contributed by atoms with E-state index >= 15 is 0 Å². The molecule has 250 valence electrons. The summed E-state index contributed by atoms with van der Waals surface area (Å²) in [7, 11) is 0. The second-order valence-electron chi connectivity index (χ2n) is 11.9. The maximum absolute atomic E-state index is 14.3. The first kappa shape index (κ1) is 32.4. The SMILES string of the molecule is CC(=O)OCC1(C(=O)OC(c2ccccc2)c2ccccc2)C=CSC2C(NC(=O)c3cc(N4CCOCC4)c4ccccc4n3)C(=O)N21. The highest BCUT2D eigenvalue weighted by molar-refractivity contribution is 8.02. The number of rotatable bonds is 9. The molecule has 0 saturated carbocycles. The molecule has 1 N–H and O–H groups in total. The first-order valence-electron chi connectivity index (χ1n) is 16.0. The number of anilines is 1. The third kappa shape index (κ3) is 6.25. The number of esters is 2. The molecule has 2 amide bonds. The summed E-state index contributed by atoms with van der Waals surface area (Å²) in [5, 5.41) is 4.79. The van der Waals surface area contributed by atoms with Crippen molar-refractivity contribution in [2.75, 3.05) is 37.8 Å². The fourth-order valence-corrected chi connectivity index (χ4v) is 7.60. The minimum absolute atomic E-state index is 0.168. The van der Waals surface area contributed by atoms with E-state index in [0.717, 1.165) is 22.2 Å². The molecule has 0 bridgehead atoms. The number of β-lactam (4-membered cyclic amide) rings is 1. The fraction of sp³-hybridized carbons (Fsp3) is 0.270. The number of thioether (sulfide) groups is 1. The second-order valence-corrected chi connectivity index (χ2v) is 13.0. The van der Waals surface area contributed by atoms with E-state index in [2.05, 4.69) is 15.2 Å². The number of hydrogen-bond acceptors (Lipinski definition) is 10. The molecule has 11 nitrogen and oxygen atoms in total. The minimum Gasteiger partial charge on any atom is -0.462 e. The number of amides is 2. The average Bonchev–Trinajstić information content (AvgIpc) is 3.15. The number of aromatic nitrogens is 1. The summed E-state index contributed by atoms with van der Waals surface area (Å²) in [4.78, 5) is 62.1. The van der Waals surface area contributed by atoms with Gasteiger partial charge < -0.3 is 29.3 Å². The Hall–Kier alpha value is -5.20. The van der Waals surface area contributed by atoms with Crippen LogP contribution < -0.4 is 10.2 Å². The molecule has 7 rings (SSSR count). The second kappa shape index (κ2) is 13.7. The fourth-order valence-electron chi connectivity index (χ4n) is 6.38. The van der Waals surface area contributed by atoms with Gasteiger partial charge in [0.2, 0.25) is 0 Å². The zero-order chi connectivity index (χ0) is 34.0. The van der Waals surface area contributed by atoms with Crippen LogP contribution in [0.15, 0.2) is 102 Å². The third-order valence-electron chi connectivity index (χ3n) is 8.88. The number of pyridine rings is 1. The van der Waals surface area contributed by atoms with Crippen LogP contribution in [0.1, 0.15) is 34.6 Å². The Bertz CT molecular complexity index is 1880. The van der Waals surface area contributed by atoms with E-state index in [1.807, 2.05) is 84.9 Å². The molecular formula is C37H34N4O7S. The van der Waals surface area contributed by atoms with Crippen molar-refractivity contribution in [2.45, 2.75) is 30.0 Å². The molecule has 0 radical (unpaired) electrons. The summed E-state index contributed by atoms with van der Waals surface area (Å²) in [5.74, 6) is -2.41. The highest BCUT2D eigenvalue weighted by Gasteiger charge is 2.62. The molecule has 0 spiro atoms. The number of carbonyl (C=O) groups excluding carboxylic acids is 4. The first-order chi connectivity index (χ1) is 23.9. The highest BCUT2D eigenvalue weighted by atomic mass is 32.2. The third-order valence-corrected chi connectivity index (χ3v) is 9.93. The lowest BCUT2D eigenvalue weighted by molar-refractivity contribution is -0.179. The van der Waals surface area contributed by atoms with Gasteiger partial charge in [-0.2, -0.15) is 0 Å². The van der Waals surface area contributed by atoms with Gasteiger partial charge in [0.15, 0.2) is 11.6 Å². The van der Waals surface area contributed by atoms with Gasteiger partial charge in [0.1, 0.15) is 23.7 Å². The summed E-state index contributed by atoms with van der Waals surface area (Å²) in [5.41, 5.74) is 1.39. The van der Waals surface area contributed by atoms with Crippen molar-refractivity contribution in [3.63, 3.8) is 0 Å². The standard InChI is InChI=1S/C37H34N4O7S/c1-24(42)47-23-37(36(45)48-32(25-10-4-2-5-11-25)26-12-6-3-7-13-26)16-21-49-35-31(34(44)41(35)37)39-33(43)29-22-30(40-17-19-46-20-18-40)27-14-8-9-15-28(27)38-29/h2-16,21-22,31-32,35H,17-20,23H2,1H3,(H,39,43). The van der Waals surface area contributed by atoms with Crippen molar-refractivity contribution >= 4 is 52.1 Å². The van der Waals surface area contributed by atoms with Crippen LogP contribution in [0.4, 0.5) is 5.69 Å². The van der Waals surface area contributed by atoms with Gasteiger partial charge in [0, 0.05) is 31.1 Å². The summed E-state index contributed by atoms with van der Waals surface area (Å²) in [6, 6.07) is 26.9. The molecule has 3 aromatic carbocycles. The summed E-state index contributed by atoms with van der Waals surface area (Å²) in [6.07, 6.45) is 0.735. The van der Waals surface area contributed by atoms with Crippen molar-refractivity contribution in [1.29, 1.82) is 0 Å². The summed E-state index contributed by atoms with van der Waals surface area (Å²) >= 11 is 1.28. The Balaban J connectivity index is 1.16. The summed E-state index contributed by atoms with van der Waals surface area (Å²) in [6.45, 7) is 3.28. The van der Waals surface area contributed by atoms with Gasteiger partial charge in [0.25, 0.3) is 11.8 Å². The van der Waals surface area contributed by atoms with E-state index < -0.39 is 53.4 Å². The molecule has 4 aromatic rings. The van der Waals surface area contributed by atoms with E-state index in [4.69, 9.17) is 14.2 Å². The Labute approximate surface area is 287 Å². The normalized spacial score (nSPS) is 21.6. The minimum atomic E-state index is -1.76.